The molecule has 0 aromatic heterocycles. The van der Waals surface area contributed by atoms with Crippen molar-refractivity contribution in [1.82, 2.24) is 0 Å². The molecule has 1 heterocycles. The van der Waals surface area contributed by atoms with E-state index in [1.165, 1.54) is 28.8 Å². The fraction of sp³-hybridized carbons (Fsp3) is 0.150. The average Bonchev–Trinajstić information content (AvgIpc) is 2.95. The third kappa shape index (κ3) is 3.88. The van der Waals surface area contributed by atoms with Crippen molar-refractivity contribution in [3.8, 4) is 11.5 Å². The van der Waals surface area contributed by atoms with Gasteiger partial charge in [0.05, 0.1) is 29.9 Å². The molecule has 6 nitrogen and oxygen atoms in total. The molecule has 1 aliphatic heterocycles. The molecule has 1 fully saturated rings. The van der Waals surface area contributed by atoms with Crippen molar-refractivity contribution in [3.05, 3.63) is 58.5 Å². The van der Waals surface area contributed by atoms with Crippen LogP contribution in [0.4, 0.5) is 5.69 Å². The van der Waals surface area contributed by atoms with Crippen molar-refractivity contribution in [2.45, 2.75) is 6.92 Å². The van der Waals surface area contributed by atoms with Gasteiger partial charge in [0, 0.05) is 5.56 Å². The van der Waals surface area contributed by atoms with Crippen LogP contribution in [0.2, 0.25) is 0 Å². The smallest absolute Gasteiger partial charge is 0.335 e. The molecule has 1 N–H and O–H groups in total. The molecule has 0 atom stereocenters. The molecule has 0 bridgehead atoms. The van der Waals surface area contributed by atoms with Crippen molar-refractivity contribution in [2.24, 2.45) is 0 Å². The maximum absolute atomic E-state index is 12.9. The number of para-hydroxylation sites is 1. The van der Waals surface area contributed by atoms with Crippen molar-refractivity contribution < 1.29 is 24.2 Å². The van der Waals surface area contributed by atoms with Crippen LogP contribution < -0.4 is 14.4 Å². The summed E-state index contributed by atoms with van der Waals surface area (Å²) in [5.74, 6) is -0.168. The van der Waals surface area contributed by atoms with E-state index >= 15 is 0 Å². The Balaban J connectivity index is 1.93. The Morgan fingerprint density at radius 1 is 1.25 bits per heavy atom. The van der Waals surface area contributed by atoms with Gasteiger partial charge in [0.2, 0.25) is 0 Å². The van der Waals surface area contributed by atoms with E-state index in [2.05, 4.69) is 0 Å². The number of thiocarbonyl (C=S) groups is 1. The van der Waals surface area contributed by atoms with E-state index in [0.29, 0.717) is 38.6 Å². The summed E-state index contributed by atoms with van der Waals surface area (Å²) in [5, 5.41) is 9.02. The first-order chi connectivity index (χ1) is 13.5. The molecule has 28 heavy (non-hydrogen) atoms. The quantitative estimate of drug-likeness (QED) is 0.560. The molecular formula is C20H17NO5S2. The Kier molecular flexibility index (Phi) is 6.01. The van der Waals surface area contributed by atoms with Crippen LogP contribution in [-0.4, -0.2) is 35.0 Å². The zero-order valence-corrected chi connectivity index (χ0v) is 16.8. The number of carbonyl (C=O) groups excluding carboxylic acids is 1. The Bertz CT molecular complexity index is 969. The first-order valence-corrected chi connectivity index (χ1v) is 9.59. The highest BCUT2D eigenvalue weighted by Gasteiger charge is 2.33. The number of methoxy groups -OCH3 is 1. The topological polar surface area (TPSA) is 76.1 Å². The first-order valence-electron chi connectivity index (χ1n) is 8.37. The van der Waals surface area contributed by atoms with E-state index in [1.54, 1.807) is 31.4 Å². The summed E-state index contributed by atoms with van der Waals surface area (Å²) in [6, 6.07) is 11.5. The monoisotopic (exact) mass is 415 g/mol. The van der Waals surface area contributed by atoms with Crippen LogP contribution in [-0.2, 0) is 4.79 Å². The van der Waals surface area contributed by atoms with E-state index in [1.807, 2.05) is 19.1 Å². The van der Waals surface area contributed by atoms with E-state index in [4.69, 9.17) is 26.8 Å². The number of carboxylic acids is 1. The van der Waals surface area contributed by atoms with Gasteiger partial charge in [-0.2, -0.15) is 0 Å². The summed E-state index contributed by atoms with van der Waals surface area (Å²) in [6.07, 6.45) is 1.71. The molecule has 0 saturated carbocycles. The lowest BCUT2D eigenvalue weighted by Crippen LogP contribution is -2.27. The Hall–Kier alpha value is -2.84. The number of rotatable bonds is 6. The lowest BCUT2D eigenvalue weighted by atomic mass is 10.1. The summed E-state index contributed by atoms with van der Waals surface area (Å²) in [6.45, 7) is 2.38. The fourth-order valence-electron chi connectivity index (χ4n) is 2.72. The minimum atomic E-state index is -1.03. The molecule has 0 spiro atoms. The number of amides is 1. The highest BCUT2D eigenvalue weighted by atomic mass is 32.2. The summed E-state index contributed by atoms with van der Waals surface area (Å²) in [4.78, 5) is 25.7. The van der Waals surface area contributed by atoms with Gasteiger partial charge in [-0.3, -0.25) is 9.69 Å². The minimum Gasteiger partial charge on any atom is -0.492 e. The van der Waals surface area contributed by atoms with Crippen molar-refractivity contribution in [2.75, 3.05) is 18.6 Å². The van der Waals surface area contributed by atoms with E-state index in [0.717, 1.165) is 0 Å². The summed E-state index contributed by atoms with van der Waals surface area (Å²) >= 11 is 6.54. The van der Waals surface area contributed by atoms with Gasteiger partial charge in [0.15, 0.2) is 15.8 Å². The van der Waals surface area contributed by atoms with Crippen LogP contribution in [0.5, 0.6) is 11.5 Å². The number of hydrogen-bond acceptors (Lipinski definition) is 6. The Morgan fingerprint density at radius 2 is 1.96 bits per heavy atom. The number of aromatic carboxylic acids is 1. The second kappa shape index (κ2) is 8.45. The summed E-state index contributed by atoms with van der Waals surface area (Å²) < 4.78 is 11.4. The number of carbonyl (C=O) groups is 2. The lowest BCUT2D eigenvalue weighted by molar-refractivity contribution is -0.113. The van der Waals surface area contributed by atoms with E-state index in [9.17, 15) is 9.59 Å². The maximum atomic E-state index is 12.9. The van der Waals surface area contributed by atoms with Crippen LogP contribution in [0.1, 0.15) is 22.8 Å². The molecule has 0 unspecified atom stereocenters. The maximum Gasteiger partial charge on any atom is 0.335 e. The van der Waals surface area contributed by atoms with Crippen LogP contribution in [0.3, 0.4) is 0 Å². The molecule has 1 amide bonds. The Labute approximate surface area is 171 Å². The molecule has 144 valence electrons. The summed E-state index contributed by atoms with van der Waals surface area (Å²) in [5.41, 5.74) is 1.36. The van der Waals surface area contributed by atoms with Crippen molar-refractivity contribution >= 4 is 51.9 Å². The van der Waals surface area contributed by atoms with Crippen LogP contribution >= 0.6 is 24.0 Å². The van der Waals surface area contributed by atoms with Gasteiger partial charge in [0.1, 0.15) is 0 Å². The third-order valence-corrected chi connectivity index (χ3v) is 5.27. The number of ether oxygens (including phenoxy) is 2. The largest absolute Gasteiger partial charge is 0.492 e. The average molecular weight is 415 g/mol. The highest BCUT2D eigenvalue weighted by molar-refractivity contribution is 8.27. The van der Waals surface area contributed by atoms with Gasteiger partial charge in [-0.15, -0.1) is 0 Å². The second-order valence-electron chi connectivity index (χ2n) is 5.68. The van der Waals surface area contributed by atoms with Crippen molar-refractivity contribution in [3.63, 3.8) is 0 Å². The molecule has 2 aromatic rings. The number of nitrogens with zero attached hydrogens (tertiary/aromatic N) is 1. The van der Waals surface area contributed by atoms with Crippen LogP contribution in [0.25, 0.3) is 6.08 Å². The molecule has 0 radical (unpaired) electrons. The van der Waals surface area contributed by atoms with E-state index < -0.39 is 5.97 Å². The standard InChI is InChI=1S/C20H17NO5S2/c1-3-26-15-6-4-5-13(17(15)25-2)11-16-18(22)21(20(27)28-16)14-9-7-12(8-10-14)19(23)24/h4-11H,3H2,1-2H3,(H,23,24). The number of hydrogen-bond donors (Lipinski definition) is 1. The van der Waals surface area contributed by atoms with E-state index in [-0.39, 0.29) is 11.5 Å². The van der Waals surface area contributed by atoms with Gasteiger partial charge < -0.3 is 14.6 Å². The normalized spacial score (nSPS) is 15.2. The highest BCUT2D eigenvalue weighted by Crippen LogP contribution is 2.39. The molecule has 3 rings (SSSR count). The van der Waals surface area contributed by atoms with Gasteiger partial charge in [-0.1, -0.05) is 36.1 Å². The summed E-state index contributed by atoms with van der Waals surface area (Å²) in [7, 11) is 1.55. The van der Waals surface area contributed by atoms with Gasteiger partial charge in [0.25, 0.3) is 5.91 Å². The number of benzene rings is 2. The fourth-order valence-corrected chi connectivity index (χ4v) is 4.01. The third-order valence-electron chi connectivity index (χ3n) is 3.97. The minimum absolute atomic E-state index is 0.141. The molecule has 8 heteroatoms. The number of anilines is 1. The molecule has 0 aliphatic carbocycles. The lowest BCUT2D eigenvalue weighted by Gasteiger charge is -2.14. The van der Waals surface area contributed by atoms with Crippen molar-refractivity contribution in [1.29, 1.82) is 0 Å². The zero-order valence-electron chi connectivity index (χ0n) is 15.2. The number of thioether (sulfide) groups is 1. The molecular weight excluding hydrogens is 398 g/mol. The predicted molar refractivity (Wildman–Crippen MR) is 113 cm³/mol. The first kappa shape index (κ1) is 19.9. The molecule has 2 aromatic carbocycles. The SMILES string of the molecule is CCOc1cccc(C=C2SC(=S)N(c3ccc(C(=O)O)cc3)C2=O)c1OC. The Morgan fingerprint density at radius 3 is 2.57 bits per heavy atom. The predicted octanol–water partition coefficient (Wildman–Crippen LogP) is 4.20. The van der Waals surface area contributed by atoms with Gasteiger partial charge >= 0.3 is 5.97 Å². The van der Waals surface area contributed by atoms with Gasteiger partial charge in [-0.05, 0) is 43.3 Å². The second-order valence-corrected chi connectivity index (χ2v) is 7.36. The molecule has 1 saturated heterocycles. The van der Waals surface area contributed by atoms with Crippen LogP contribution in [0.15, 0.2) is 47.4 Å². The zero-order chi connectivity index (χ0) is 20.3. The molecule has 1 aliphatic rings. The number of carboxylic acid groups (broad SMARTS) is 1. The van der Waals surface area contributed by atoms with Crippen LogP contribution in [0, 0.1) is 0 Å². The van der Waals surface area contributed by atoms with Gasteiger partial charge in [-0.25, -0.2) is 4.79 Å².